The molecule has 0 saturated heterocycles. The second-order valence-electron chi connectivity index (χ2n) is 5.09. The molecule has 0 bridgehead atoms. The van der Waals surface area contributed by atoms with Crippen molar-refractivity contribution in [1.82, 2.24) is 10.3 Å². The highest BCUT2D eigenvalue weighted by molar-refractivity contribution is 5.94. The third-order valence-electron chi connectivity index (χ3n) is 3.52. The molecule has 2 rings (SSSR count). The number of nitrogens with one attached hydrogen (secondary N) is 1. The van der Waals surface area contributed by atoms with E-state index in [9.17, 15) is 4.79 Å². The van der Waals surface area contributed by atoms with E-state index in [2.05, 4.69) is 17.2 Å². The van der Waals surface area contributed by atoms with E-state index in [4.69, 9.17) is 5.73 Å². The van der Waals surface area contributed by atoms with Gasteiger partial charge in [0.2, 0.25) is 0 Å². The lowest BCUT2D eigenvalue weighted by molar-refractivity contribution is 0.0890. The minimum Gasteiger partial charge on any atom is -0.351 e. The number of nitrogens with two attached hydrogens (primary N) is 1. The van der Waals surface area contributed by atoms with E-state index in [1.165, 1.54) is 19.3 Å². The van der Waals surface area contributed by atoms with Gasteiger partial charge in [-0.1, -0.05) is 13.3 Å². The first-order valence-electron chi connectivity index (χ1n) is 6.06. The highest BCUT2D eigenvalue weighted by Gasteiger charge is 2.31. The Balaban J connectivity index is 0.00000162. The molecule has 1 saturated carbocycles. The summed E-state index contributed by atoms with van der Waals surface area (Å²) in [6.45, 7) is 3.33. The maximum atomic E-state index is 11.9. The van der Waals surface area contributed by atoms with E-state index in [1.54, 1.807) is 18.3 Å². The van der Waals surface area contributed by atoms with E-state index in [-0.39, 0.29) is 18.3 Å². The van der Waals surface area contributed by atoms with Crippen LogP contribution < -0.4 is 11.1 Å². The summed E-state index contributed by atoms with van der Waals surface area (Å²) in [7, 11) is 0. The second-order valence-corrected chi connectivity index (χ2v) is 5.09. The Kier molecular flexibility index (Phi) is 5.11. The van der Waals surface area contributed by atoms with Gasteiger partial charge in [-0.05, 0) is 30.4 Å². The molecule has 3 N–H and O–H groups in total. The van der Waals surface area contributed by atoms with Gasteiger partial charge in [0.15, 0.2) is 0 Å². The molecule has 0 aromatic carbocycles. The average molecular weight is 270 g/mol. The zero-order chi connectivity index (χ0) is 12.3. The van der Waals surface area contributed by atoms with Gasteiger partial charge in [0.05, 0.1) is 5.69 Å². The first-order chi connectivity index (χ1) is 8.13. The first-order valence-corrected chi connectivity index (χ1v) is 6.06. The lowest BCUT2D eigenvalue weighted by Crippen LogP contribution is -2.39. The lowest BCUT2D eigenvalue weighted by Gasteiger charge is -2.38. The molecular weight excluding hydrogens is 250 g/mol. The average Bonchev–Trinajstić information content (AvgIpc) is 2.33. The summed E-state index contributed by atoms with van der Waals surface area (Å²) in [5.41, 5.74) is 7.19. The molecule has 1 heterocycles. The van der Waals surface area contributed by atoms with Gasteiger partial charge in [0.1, 0.15) is 0 Å². The summed E-state index contributed by atoms with van der Waals surface area (Å²) in [5.74, 6) is -0.0322. The summed E-state index contributed by atoms with van der Waals surface area (Å²) in [6, 6.07) is 3.47. The van der Waals surface area contributed by atoms with Crippen molar-refractivity contribution in [2.24, 2.45) is 11.1 Å². The Labute approximate surface area is 114 Å². The monoisotopic (exact) mass is 269 g/mol. The van der Waals surface area contributed by atoms with Crippen LogP contribution in [0.25, 0.3) is 0 Å². The van der Waals surface area contributed by atoms with Crippen LogP contribution in [0.5, 0.6) is 0 Å². The quantitative estimate of drug-likeness (QED) is 0.877. The highest BCUT2D eigenvalue weighted by Crippen LogP contribution is 2.39. The maximum Gasteiger partial charge on any atom is 0.251 e. The van der Waals surface area contributed by atoms with E-state index in [0.717, 1.165) is 12.2 Å². The summed E-state index contributed by atoms with van der Waals surface area (Å²) in [4.78, 5) is 16.0. The van der Waals surface area contributed by atoms with Gasteiger partial charge < -0.3 is 11.1 Å². The molecule has 1 fully saturated rings. The normalized spacial score (nSPS) is 16.3. The largest absolute Gasteiger partial charge is 0.351 e. The Morgan fingerprint density at radius 1 is 1.56 bits per heavy atom. The van der Waals surface area contributed by atoms with Gasteiger partial charge in [-0.2, -0.15) is 0 Å². The lowest BCUT2D eigenvalue weighted by atomic mass is 9.70. The molecule has 1 aromatic heterocycles. The molecule has 0 radical (unpaired) electrons. The predicted molar refractivity (Wildman–Crippen MR) is 73.7 cm³/mol. The molecule has 0 spiro atoms. The summed E-state index contributed by atoms with van der Waals surface area (Å²) >= 11 is 0. The molecule has 18 heavy (non-hydrogen) atoms. The van der Waals surface area contributed by atoms with E-state index in [1.807, 2.05) is 0 Å². The standard InChI is InChI=1S/C13H19N3O.ClH/c1-13(4-2-5-13)9-16-12(17)10-3-6-15-11(7-10)8-14;/h3,6-7H,2,4-5,8-9,14H2,1H3,(H,16,17);1H. The molecule has 1 aliphatic carbocycles. The van der Waals surface area contributed by atoms with Crippen molar-refractivity contribution in [2.45, 2.75) is 32.7 Å². The van der Waals surface area contributed by atoms with Gasteiger partial charge >= 0.3 is 0 Å². The molecule has 0 aliphatic heterocycles. The van der Waals surface area contributed by atoms with Crippen LogP contribution in [0.4, 0.5) is 0 Å². The van der Waals surface area contributed by atoms with E-state index < -0.39 is 0 Å². The fraction of sp³-hybridized carbons (Fsp3) is 0.538. The van der Waals surface area contributed by atoms with Crippen LogP contribution in [0.1, 0.15) is 42.2 Å². The number of halogens is 1. The minimum atomic E-state index is -0.0322. The maximum absolute atomic E-state index is 11.9. The smallest absolute Gasteiger partial charge is 0.251 e. The van der Waals surface area contributed by atoms with Crippen LogP contribution in [0.2, 0.25) is 0 Å². The number of amides is 1. The Morgan fingerprint density at radius 3 is 2.83 bits per heavy atom. The van der Waals surface area contributed by atoms with Crippen molar-refractivity contribution in [2.75, 3.05) is 6.54 Å². The highest BCUT2D eigenvalue weighted by atomic mass is 35.5. The van der Waals surface area contributed by atoms with Crippen molar-refractivity contribution < 1.29 is 4.79 Å². The van der Waals surface area contributed by atoms with Gasteiger partial charge in [0.25, 0.3) is 5.91 Å². The number of hydrogen-bond acceptors (Lipinski definition) is 3. The number of pyridine rings is 1. The first kappa shape index (κ1) is 14.9. The number of carbonyl (C=O) groups is 1. The Morgan fingerprint density at radius 2 is 2.28 bits per heavy atom. The fourth-order valence-electron chi connectivity index (χ4n) is 2.08. The Bertz CT molecular complexity index is 418. The molecule has 5 heteroatoms. The number of aromatic nitrogens is 1. The molecule has 4 nitrogen and oxygen atoms in total. The molecule has 0 atom stereocenters. The number of carbonyl (C=O) groups excluding carboxylic acids is 1. The summed E-state index contributed by atoms with van der Waals surface area (Å²) < 4.78 is 0. The SMILES string of the molecule is CC1(CNC(=O)c2ccnc(CN)c2)CCC1.Cl. The summed E-state index contributed by atoms with van der Waals surface area (Å²) in [5, 5.41) is 2.99. The predicted octanol–water partition coefficient (Wildman–Crippen LogP) is 1.88. The van der Waals surface area contributed by atoms with Gasteiger partial charge in [0, 0.05) is 24.8 Å². The van der Waals surface area contributed by atoms with Crippen molar-refractivity contribution in [3.05, 3.63) is 29.6 Å². The molecule has 0 unspecified atom stereocenters. The van der Waals surface area contributed by atoms with Gasteiger partial charge in [-0.15, -0.1) is 12.4 Å². The topological polar surface area (TPSA) is 68.0 Å². The minimum absolute atomic E-state index is 0. The van der Waals surface area contributed by atoms with Crippen molar-refractivity contribution in [3.8, 4) is 0 Å². The second kappa shape index (κ2) is 6.16. The zero-order valence-electron chi connectivity index (χ0n) is 10.6. The van der Waals surface area contributed by atoms with Crippen molar-refractivity contribution in [1.29, 1.82) is 0 Å². The molecule has 100 valence electrons. The van der Waals surface area contributed by atoms with Crippen LogP contribution in [-0.4, -0.2) is 17.4 Å². The summed E-state index contributed by atoms with van der Waals surface area (Å²) in [6.07, 6.45) is 5.32. The van der Waals surface area contributed by atoms with Gasteiger partial charge in [-0.3, -0.25) is 9.78 Å². The number of rotatable bonds is 4. The zero-order valence-corrected chi connectivity index (χ0v) is 11.4. The van der Waals surface area contributed by atoms with Crippen molar-refractivity contribution >= 4 is 18.3 Å². The van der Waals surface area contributed by atoms with E-state index in [0.29, 0.717) is 17.5 Å². The van der Waals surface area contributed by atoms with Crippen LogP contribution in [-0.2, 0) is 6.54 Å². The van der Waals surface area contributed by atoms with Crippen LogP contribution in [0.15, 0.2) is 18.3 Å². The third kappa shape index (κ3) is 3.43. The Hall–Kier alpha value is -1.13. The molecular formula is C13H20ClN3O. The number of hydrogen-bond donors (Lipinski definition) is 2. The van der Waals surface area contributed by atoms with Crippen molar-refractivity contribution in [3.63, 3.8) is 0 Å². The molecule has 1 aromatic rings. The fourth-order valence-corrected chi connectivity index (χ4v) is 2.08. The van der Waals surface area contributed by atoms with Crippen LogP contribution in [0, 0.1) is 5.41 Å². The molecule has 1 amide bonds. The van der Waals surface area contributed by atoms with Gasteiger partial charge in [-0.25, -0.2) is 0 Å². The van der Waals surface area contributed by atoms with Crippen LogP contribution in [0.3, 0.4) is 0 Å². The van der Waals surface area contributed by atoms with E-state index >= 15 is 0 Å². The van der Waals surface area contributed by atoms with Crippen LogP contribution >= 0.6 is 12.4 Å². The number of nitrogens with zero attached hydrogens (tertiary/aromatic N) is 1. The third-order valence-corrected chi connectivity index (χ3v) is 3.52. The molecule has 1 aliphatic rings.